The van der Waals surface area contributed by atoms with Crippen LogP contribution in [0.2, 0.25) is 0 Å². The zero-order chi connectivity index (χ0) is 16.9. The molecule has 1 aromatic rings. The van der Waals surface area contributed by atoms with Gasteiger partial charge < -0.3 is 19.5 Å². The molecule has 0 saturated carbocycles. The summed E-state index contributed by atoms with van der Waals surface area (Å²) >= 11 is 0. The molecule has 0 aromatic heterocycles. The molecule has 0 unspecified atom stereocenters. The van der Waals surface area contributed by atoms with E-state index in [1.54, 1.807) is 0 Å². The number of fused-ring (bicyclic) bond motifs is 7. The first-order valence-electron chi connectivity index (χ1n) is 8.77. The van der Waals surface area contributed by atoms with E-state index in [1.165, 1.54) is 0 Å². The monoisotopic (exact) mass is 339 g/mol. The van der Waals surface area contributed by atoms with Crippen LogP contribution in [0.5, 0.6) is 0 Å². The summed E-state index contributed by atoms with van der Waals surface area (Å²) in [5.74, 6) is -2.42. The molecule has 5 heterocycles. The second kappa shape index (κ2) is 4.31. The minimum atomic E-state index is -0.957. The molecule has 1 N–H and O–H groups in total. The molecule has 0 aliphatic carbocycles. The van der Waals surface area contributed by atoms with E-state index in [2.05, 4.69) is 0 Å². The lowest BCUT2D eigenvalue weighted by Crippen LogP contribution is -2.53. The van der Waals surface area contributed by atoms with Crippen molar-refractivity contribution in [1.29, 1.82) is 0 Å². The van der Waals surface area contributed by atoms with Crippen molar-refractivity contribution in [3.8, 4) is 0 Å². The smallest absolute Gasteiger partial charge is 0.310 e. The number of ether oxygens (including phenoxy) is 2. The quantitative estimate of drug-likeness (QED) is 0.785. The van der Waals surface area contributed by atoms with Crippen molar-refractivity contribution in [2.45, 2.75) is 30.3 Å². The number of carbonyl (C=O) groups excluding carboxylic acids is 1. The molecule has 5 aliphatic rings. The Balaban J connectivity index is 1.59. The summed E-state index contributed by atoms with van der Waals surface area (Å²) < 4.78 is 12.2. The van der Waals surface area contributed by atoms with Crippen LogP contribution in [0.3, 0.4) is 0 Å². The molecule has 128 valence electrons. The maximum Gasteiger partial charge on any atom is 0.310 e. The van der Waals surface area contributed by atoms with E-state index in [0.717, 1.165) is 17.7 Å². The highest BCUT2D eigenvalue weighted by molar-refractivity contribution is 6.04. The number of benzene rings is 1. The van der Waals surface area contributed by atoms with Gasteiger partial charge in [0.05, 0.1) is 24.2 Å². The van der Waals surface area contributed by atoms with Crippen LogP contribution >= 0.6 is 0 Å². The van der Waals surface area contributed by atoms with Crippen molar-refractivity contribution < 1.29 is 24.2 Å². The Hall–Kier alpha value is -2.18. The number of amides is 1. The standard InChI is InChI=1S/C19H17NO5/c21-17-14-13(18(22)23)12-5-7-19(14,25-12)16-10-6-8-24-15(10)9-3-1-2-4-11(9)20(16)17/h1-5,7,10,12-16H,6,8H2,(H,22,23)/t10-,12+,13-,14+,15+,16-,19-/m0/s1. The number of para-hydroxylation sites is 1. The van der Waals surface area contributed by atoms with Crippen molar-refractivity contribution in [2.75, 3.05) is 11.5 Å². The van der Waals surface area contributed by atoms with Gasteiger partial charge in [-0.2, -0.15) is 0 Å². The van der Waals surface area contributed by atoms with Gasteiger partial charge >= 0.3 is 5.97 Å². The first-order valence-corrected chi connectivity index (χ1v) is 8.77. The van der Waals surface area contributed by atoms with Gasteiger partial charge in [0.2, 0.25) is 5.91 Å². The summed E-state index contributed by atoms with van der Waals surface area (Å²) in [5, 5.41) is 9.70. The zero-order valence-electron chi connectivity index (χ0n) is 13.4. The van der Waals surface area contributed by atoms with E-state index in [1.807, 2.05) is 41.3 Å². The van der Waals surface area contributed by atoms with E-state index in [4.69, 9.17) is 9.47 Å². The third kappa shape index (κ3) is 1.42. The maximum absolute atomic E-state index is 13.4. The molecule has 1 spiro atoms. The van der Waals surface area contributed by atoms with Gasteiger partial charge in [-0.1, -0.05) is 30.4 Å². The van der Waals surface area contributed by atoms with Gasteiger partial charge in [-0.15, -0.1) is 0 Å². The van der Waals surface area contributed by atoms with Gasteiger partial charge in [-0.05, 0) is 12.5 Å². The van der Waals surface area contributed by atoms with Crippen LogP contribution in [-0.2, 0) is 19.1 Å². The van der Waals surface area contributed by atoms with E-state index < -0.39 is 29.5 Å². The summed E-state index contributed by atoms with van der Waals surface area (Å²) in [7, 11) is 0. The fraction of sp³-hybridized carbons (Fsp3) is 0.474. The molecule has 1 amide bonds. The molecule has 6 heteroatoms. The molecule has 5 aliphatic heterocycles. The lowest BCUT2D eigenvalue weighted by Gasteiger charge is -2.43. The van der Waals surface area contributed by atoms with Gasteiger partial charge in [0.1, 0.15) is 11.5 Å². The van der Waals surface area contributed by atoms with Crippen LogP contribution in [0.4, 0.5) is 5.69 Å². The van der Waals surface area contributed by atoms with Crippen molar-refractivity contribution in [3.63, 3.8) is 0 Å². The van der Waals surface area contributed by atoms with E-state index >= 15 is 0 Å². The summed E-state index contributed by atoms with van der Waals surface area (Å²) in [6, 6.07) is 7.61. The van der Waals surface area contributed by atoms with Crippen molar-refractivity contribution in [1.82, 2.24) is 0 Å². The lowest BCUT2D eigenvalue weighted by atomic mass is 9.70. The average Bonchev–Trinajstić information content (AvgIpc) is 3.35. The van der Waals surface area contributed by atoms with Crippen LogP contribution in [0.25, 0.3) is 0 Å². The molecule has 2 bridgehead atoms. The van der Waals surface area contributed by atoms with Crippen LogP contribution < -0.4 is 4.90 Å². The fourth-order valence-electron chi connectivity index (χ4n) is 5.86. The molecular formula is C19H17NO5. The van der Waals surface area contributed by atoms with Gasteiger partial charge in [-0.25, -0.2) is 0 Å². The molecule has 3 fully saturated rings. The lowest BCUT2D eigenvalue weighted by molar-refractivity contribution is -0.146. The molecule has 7 atom stereocenters. The molecule has 6 rings (SSSR count). The Morgan fingerprint density at radius 2 is 2.16 bits per heavy atom. The largest absolute Gasteiger partial charge is 0.481 e. The minimum absolute atomic E-state index is 0.0571. The number of rotatable bonds is 1. The SMILES string of the molecule is O=C(O)[C@H]1[C@H]2C=C[C@@]3(O2)[C@@H]2[C@H]4CCO[C@@H]4c4ccccc4N2C(=O)[C@@H]13. The number of hydrogen-bond donors (Lipinski definition) is 1. The molecule has 1 aromatic carbocycles. The normalized spacial score (nSPS) is 45.3. The second-order valence-corrected chi connectivity index (χ2v) is 7.59. The highest BCUT2D eigenvalue weighted by Crippen LogP contribution is 2.62. The third-order valence-electron chi connectivity index (χ3n) is 6.66. The topological polar surface area (TPSA) is 76.1 Å². The van der Waals surface area contributed by atoms with E-state index in [9.17, 15) is 14.7 Å². The maximum atomic E-state index is 13.4. The zero-order valence-corrected chi connectivity index (χ0v) is 13.4. The van der Waals surface area contributed by atoms with Crippen LogP contribution in [0.15, 0.2) is 36.4 Å². The number of anilines is 1. The summed E-state index contributed by atoms with van der Waals surface area (Å²) in [5.41, 5.74) is 1.03. The number of hydrogen-bond acceptors (Lipinski definition) is 4. The number of aliphatic carboxylic acids is 1. The Morgan fingerprint density at radius 1 is 1.32 bits per heavy atom. The van der Waals surface area contributed by atoms with Crippen LogP contribution in [0.1, 0.15) is 18.1 Å². The average molecular weight is 339 g/mol. The summed E-state index contributed by atoms with van der Waals surface area (Å²) in [6.07, 6.45) is 4.07. The van der Waals surface area contributed by atoms with Crippen LogP contribution in [-0.4, -0.2) is 41.3 Å². The first-order chi connectivity index (χ1) is 12.1. The molecule has 6 nitrogen and oxygen atoms in total. The molecule has 0 radical (unpaired) electrons. The summed E-state index contributed by atoms with van der Waals surface area (Å²) in [4.78, 5) is 27.0. The highest BCUT2D eigenvalue weighted by atomic mass is 16.5. The van der Waals surface area contributed by atoms with Gasteiger partial charge in [-0.3, -0.25) is 9.59 Å². The minimum Gasteiger partial charge on any atom is -0.481 e. The second-order valence-electron chi connectivity index (χ2n) is 7.59. The third-order valence-corrected chi connectivity index (χ3v) is 6.66. The fourth-order valence-corrected chi connectivity index (χ4v) is 5.86. The van der Waals surface area contributed by atoms with Gasteiger partial charge in [0.15, 0.2) is 0 Å². The predicted molar refractivity (Wildman–Crippen MR) is 85.9 cm³/mol. The van der Waals surface area contributed by atoms with Crippen molar-refractivity contribution in [3.05, 3.63) is 42.0 Å². The Bertz CT molecular complexity index is 850. The van der Waals surface area contributed by atoms with E-state index in [-0.39, 0.29) is 24.0 Å². The molecular weight excluding hydrogens is 322 g/mol. The Kier molecular flexibility index (Phi) is 2.42. The Morgan fingerprint density at radius 3 is 3.00 bits per heavy atom. The van der Waals surface area contributed by atoms with Gasteiger partial charge in [0, 0.05) is 23.8 Å². The number of carboxylic acid groups (broad SMARTS) is 1. The number of nitrogens with zero attached hydrogens (tertiary/aromatic N) is 1. The highest BCUT2D eigenvalue weighted by Gasteiger charge is 2.74. The first kappa shape index (κ1) is 14.0. The molecule has 3 saturated heterocycles. The number of carbonyl (C=O) groups is 2. The number of carboxylic acids is 1. The van der Waals surface area contributed by atoms with Crippen LogP contribution in [0, 0.1) is 17.8 Å². The summed E-state index contributed by atoms with van der Waals surface area (Å²) in [6.45, 7) is 0.651. The van der Waals surface area contributed by atoms with E-state index in [0.29, 0.717) is 6.61 Å². The van der Waals surface area contributed by atoms with Crippen molar-refractivity contribution >= 4 is 17.6 Å². The Labute approximate surface area is 144 Å². The van der Waals surface area contributed by atoms with Gasteiger partial charge in [0.25, 0.3) is 0 Å². The molecule has 25 heavy (non-hydrogen) atoms. The van der Waals surface area contributed by atoms with Crippen molar-refractivity contribution in [2.24, 2.45) is 17.8 Å². The predicted octanol–water partition coefficient (Wildman–Crippen LogP) is 1.52.